The highest BCUT2D eigenvalue weighted by Crippen LogP contribution is 2.32. The summed E-state index contributed by atoms with van der Waals surface area (Å²) in [7, 11) is -1.86. The standard InChI is InChI=1S/C16H18F4N4O4S/c1-22-14(16(18,19)20)21-24(15(22)25)11-5-7-23(8-6-11)29(26,27)13-9-10(17)3-4-12(13)28-2/h3-4,9,11H,5-8H2,1-2H3. The van der Waals surface area contributed by atoms with Gasteiger partial charge in [0.25, 0.3) is 0 Å². The van der Waals surface area contributed by atoms with Crippen molar-refractivity contribution < 1.29 is 30.7 Å². The maximum atomic E-state index is 13.6. The molecule has 1 fully saturated rings. The van der Waals surface area contributed by atoms with Crippen LogP contribution in [0.25, 0.3) is 0 Å². The smallest absolute Gasteiger partial charge is 0.451 e. The summed E-state index contributed by atoms with van der Waals surface area (Å²) in [5.41, 5.74) is -0.926. The van der Waals surface area contributed by atoms with E-state index in [4.69, 9.17) is 4.74 Å². The van der Waals surface area contributed by atoms with Crippen molar-refractivity contribution >= 4 is 10.0 Å². The van der Waals surface area contributed by atoms with E-state index in [-0.39, 0.29) is 36.6 Å². The number of methoxy groups -OCH3 is 1. The van der Waals surface area contributed by atoms with E-state index in [0.29, 0.717) is 4.57 Å². The Morgan fingerprint density at radius 1 is 1.21 bits per heavy atom. The summed E-state index contributed by atoms with van der Waals surface area (Å²) >= 11 is 0. The molecular formula is C16H18F4N4O4S. The van der Waals surface area contributed by atoms with Gasteiger partial charge in [-0.05, 0) is 31.0 Å². The quantitative estimate of drug-likeness (QED) is 0.680. The van der Waals surface area contributed by atoms with Gasteiger partial charge in [0.1, 0.15) is 16.5 Å². The van der Waals surface area contributed by atoms with Crippen LogP contribution in [-0.4, -0.2) is 47.3 Å². The molecule has 0 amide bonds. The number of aromatic nitrogens is 3. The summed E-state index contributed by atoms with van der Waals surface area (Å²) < 4.78 is 85.4. The highest BCUT2D eigenvalue weighted by molar-refractivity contribution is 7.89. The van der Waals surface area contributed by atoms with Gasteiger partial charge in [-0.15, -0.1) is 5.10 Å². The molecule has 1 aromatic carbocycles. The van der Waals surface area contributed by atoms with Crippen molar-refractivity contribution in [1.82, 2.24) is 18.7 Å². The zero-order valence-electron chi connectivity index (χ0n) is 15.5. The minimum Gasteiger partial charge on any atom is -0.495 e. The average Bonchev–Trinajstić information content (AvgIpc) is 2.97. The highest BCUT2D eigenvalue weighted by atomic mass is 32.2. The molecule has 0 aliphatic carbocycles. The molecule has 0 N–H and O–H groups in total. The predicted octanol–water partition coefficient (Wildman–Crippen LogP) is 1.77. The van der Waals surface area contributed by atoms with E-state index >= 15 is 0 Å². The maximum Gasteiger partial charge on any atom is 0.451 e. The summed E-state index contributed by atoms with van der Waals surface area (Å²) in [6.45, 7) is -0.145. The topological polar surface area (TPSA) is 86.4 Å². The number of piperidine rings is 1. The Hall–Kier alpha value is -2.41. The first-order valence-corrected chi connectivity index (χ1v) is 9.97. The van der Waals surface area contributed by atoms with Crippen LogP contribution in [0.15, 0.2) is 27.9 Å². The molecule has 0 atom stereocenters. The summed E-state index contributed by atoms with van der Waals surface area (Å²) in [4.78, 5) is 11.8. The lowest BCUT2D eigenvalue weighted by molar-refractivity contribution is -0.147. The molecule has 0 bridgehead atoms. The van der Waals surface area contributed by atoms with E-state index in [0.717, 1.165) is 28.2 Å². The van der Waals surface area contributed by atoms with Crippen LogP contribution in [0.1, 0.15) is 24.7 Å². The van der Waals surface area contributed by atoms with Crippen molar-refractivity contribution in [1.29, 1.82) is 0 Å². The summed E-state index contributed by atoms with van der Waals surface area (Å²) in [5, 5.41) is 3.39. The van der Waals surface area contributed by atoms with Crippen LogP contribution >= 0.6 is 0 Å². The van der Waals surface area contributed by atoms with E-state index in [2.05, 4.69) is 5.10 Å². The number of hydrogen-bond donors (Lipinski definition) is 0. The Bertz CT molecular complexity index is 1070. The zero-order valence-corrected chi connectivity index (χ0v) is 16.3. The van der Waals surface area contributed by atoms with Crippen molar-refractivity contribution in [3.63, 3.8) is 0 Å². The van der Waals surface area contributed by atoms with Crippen LogP contribution in [0.3, 0.4) is 0 Å². The Balaban J connectivity index is 1.83. The van der Waals surface area contributed by atoms with Gasteiger partial charge in [0.2, 0.25) is 15.8 Å². The number of nitrogens with zero attached hydrogens (tertiary/aromatic N) is 4. The highest BCUT2D eigenvalue weighted by Gasteiger charge is 2.40. The average molecular weight is 438 g/mol. The second-order valence-corrected chi connectivity index (χ2v) is 8.44. The molecule has 2 aromatic rings. The molecule has 0 radical (unpaired) electrons. The summed E-state index contributed by atoms with van der Waals surface area (Å²) in [6.07, 6.45) is -4.63. The van der Waals surface area contributed by atoms with E-state index in [1.165, 1.54) is 13.2 Å². The van der Waals surface area contributed by atoms with Gasteiger partial charge in [0.05, 0.1) is 13.2 Å². The number of alkyl halides is 3. The number of ether oxygens (including phenoxy) is 1. The molecule has 1 saturated heterocycles. The summed E-state index contributed by atoms with van der Waals surface area (Å²) in [5.74, 6) is -2.09. The second-order valence-electron chi connectivity index (χ2n) is 6.54. The van der Waals surface area contributed by atoms with Crippen molar-refractivity contribution in [3.8, 4) is 5.75 Å². The second kappa shape index (κ2) is 7.44. The molecule has 160 valence electrons. The molecule has 29 heavy (non-hydrogen) atoms. The van der Waals surface area contributed by atoms with Crippen molar-refractivity contribution in [2.24, 2.45) is 7.05 Å². The van der Waals surface area contributed by atoms with Crippen molar-refractivity contribution in [2.45, 2.75) is 30.0 Å². The number of sulfonamides is 1. The number of hydrogen-bond acceptors (Lipinski definition) is 5. The molecule has 0 spiro atoms. The van der Waals surface area contributed by atoms with Crippen molar-refractivity contribution in [2.75, 3.05) is 20.2 Å². The van der Waals surface area contributed by atoms with E-state index in [9.17, 15) is 30.8 Å². The third kappa shape index (κ3) is 3.88. The molecule has 3 rings (SSSR count). The molecular weight excluding hydrogens is 420 g/mol. The first kappa shape index (κ1) is 21.3. The van der Waals surface area contributed by atoms with Crippen LogP contribution in [0.5, 0.6) is 5.75 Å². The van der Waals surface area contributed by atoms with Gasteiger partial charge in [-0.25, -0.2) is 22.3 Å². The van der Waals surface area contributed by atoms with E-state index in [1.54, 1.807) is 0 Å². The van der Waals surface area contributed by atoms with Gasteiger partial charge in [0.15, 0.2) is 0 Å². The molecule has 1 aromatic heterocycles. The SMILES string of the molecule is COc1ccc(F)cc1S(=O)(=O)N1CCC(n2nc(C(F)(F)F)n(C)c2=O)CC1. The van der Waals surface area contributed by atoms with Crippen molar-refractivity contribution in [3.05, 3.63) is 40.3 Å². The van der Waals surface area contributed by atoms with Gasteiger partial charge in [-0.3, -0.25) is 4.57 Å². The van der Waals surface area contributed by atoms with Crippen LogP contribution in [0.2, 0.25) is 0 Å². The maximum absolute atomic E-state index is 13.6. The predicted molar refractivity (Wildman–Crippen MR) is 92.5 cm³/mol. The molecule has 13 heteroatoms. The molecule has 0 unspecified atom stereocenters. The summed E-state index contributed by atoms with van der Waals surface area (Å²) in [6, 6.07) is 2.42. The Morgan fingerprint density at radius 2 is 1.83 bits per heavy atom. The Labute approximate surface area is 163 Å². The van der Waals surface area contributed by atoms with Gasteiger partial charge < -0.3 is 4.74 Å². The van der Waals surface area contributed by atoms with Gasteiger partial charge in [-0.2, -0.15) is 17.5 Å². The molecule has 8 nitrogen and oxygen atoms in total. The van der Waals surface area contributed by atoms with Gasteiger partial charge in [0, 0.05) is 20.1 Å². The number of halogens is 4. The fourth-order valence-electron chi connectivity index (χ4n) is 3.26. The first-order valence-electron chi connectivity index (χ1n) is 8.53. The molecule has 1 aliphatic heterocycles. The first-order chi connectivity index (χ1) is 13.5. The number of benzene rings is 1. The van der Waals surface area contributed by atoms with Crippen LogP contribution in [0.4, 0.5) is 17.6 Å². The molecule has 1 aliphatic rings. The lowest BCUT2D eigenvalue weighted by atomic mass is 10.1. The fraction of sp³-hybridized carbons (Fsp3) is 0.500. The van der Waals surface area contributed by atoms with Crippen LogP contribution < -0.4 is 10.4 Å². The number of rotatable bonds is 4. The van der Waals surface area contributed by atoms with Crippen LogP contribution in [-0.2, 0) is 23.2 Å². The third-order valence-electron chi connectivity index (χ3n) is 4.77. The Morgan fingerprint density at radius 3 is 2.34 bits per heavy atom. The zero-order chi connectivity index (χ0) is 21.6. The molecule has 2 heterocycles. The third-order valence-corrected chi connectivity index (χ3v) is 6.69. The van der Waals surface area contributed by atoms with Crippen LogP contribution in [0, 0.1) is 5.82 Å². The Kier molecular flexibility index (Phi) is 5.47. The van der Waals surface area contributed by atoms with E-state index in [1.807, 2.05) is 0 Å². The van der Waals surface area contributed by atoms with Gasteiger partial charge in [-0.1, -0.05) is 0 Å². The molecule has 0 saturated carbocycles. The minimum absolute atomic E-state index is 0.0238. The lowest BCUT2D eigenvalue weighted by Crippen LogP contribution is -2.41. The largest absolute Gasteiger partial charge is 0.495 e. The normalized spacial score (nSPS) is 16.9. The fourth-order valence-corrected chi connectivity index (χ4v) is 4.90. The monoisotopic (exact) mass is 438 g/mol. The van der Waals surface area contributed by atoms with E-state index < -0.39 is 39.6 Å². The minimum atomic E-state index is -4.78. The lowest BCUT2D eigenvalue weighted by Gasteiger charge is -2.31. The van der Waals surface area contributed by atoms with Gasteiger partial charge >= 0.3 is 11.9 Å².